The molecule has 1 aliphatic heterocycles. The van der Waals surface area contributed by atoms with Crippen LogP contribution >= 0.6 is 15.9 Å². The molecular weight excluding hydrogens is 234 g/mol. The van der Waals surface area contributed by atoms with Crippen LogP contribution in [0.3, 0.4) is 0 Å². The average molecular weight is 244 g/mol. The summed E-state index contributed by atoms with van der Waals surface area (Å²) in [5.74, 6) is 1.64. The van der Waals surface area contributed by atoms with Gasteiger partial charge in [-0.2, -0.15) is 0 Å². The van der Waals surface area contributed by atoms with Crippen LogP contribution in [0.15, 0.2) is 16.6 Å². The Morgan fingerprint density at radius 1 is 1.62 bits per heavy atom. The first-order valence-electron chi connectivity index (χ1n) is 3.98. The molecule has 2 N–H and O–H groups in total. The van der Waals surface area contributed by atoms with Crippen molar-refractivity contribution < 1.29 is 9.47 Å². The molecule has 0 aromatic heterocycles. The zero-order valence-corrected chi connectivity index (χ0v) is 8.80. The number of rotatable bonds is 1. The van der Waals surface area contributed by atoms with E-state index in [-0.39, 0.29) is 6.04 Å². The van der Waals surface area contributed by atoms with E-state index in [9.17, 15) is 0 Å². The first-order valence-corrected chi connectivity index (χ1v) is 4.77. The van der Waals surface area contributed by atoms with Gasteiger partial charge in [-0.05, 0) is 28.1 Å². The van der Waals surface area contributed by atoms with Crippen molar-refractivity contribution in [3.05, 3.63) is 22.2 Å². The SMILES string of the molecule is COc1cc(Br)c2c(c1)[C@H](N)CO2. The van der Waals surface area contributed by atoms with Gasteiger partial charge in [0.05, 0.1) is 17.6 Å². The highest BCUT2D eigenvalue weighted by Gasteiger charge is 2.23. The molecule has 70 valence electrons. The van der Waals surface area contributed by atoms with Crippen LogP contribution in [0.1, 0.15) is 11.6 Å². The molecule has 1 aliphatic rings. The van der Waals surface area contributed by atoms with E-state index in [4.69, 9.17) is 15.2 Å². The summed E-state index contributed by atoms with van der Waals surface area (Å²) >= 11 is 3.41. The van der Waals surface area contributed by atoms with E-state index in [1.54, 1.807) is 7.11 Å². The topological polar surface area (TPSA) is 44.5 Å². The molecule has 0 saturated heterocycles. The van der Waals surface area contributed by atoms with E-state index < -0.39 is 0 Å². The lowest BCUT2D eigenvalue weighted by atomic mass is 10.1. The molecular formula is C9H10BrNO2. The number of nitrogens with two attached hydrogens (primary N) is 1. The van der Waals surface area contributed by atoms with E-state index >= 15 is 0 Å². The third-order valence-electron chi connectivity index (χ3n) is 2.09. The lowest BCUT2D eigenvalue weighted by molar-refractivity contribution is 0.331. The quantitative estimate of drug-likeness (QED) is 0.819. The largest absolute Gasteiger partial charge is 0.497 e. The Kier molecular flexibility index (Phi) is 2.17. The van der Waals surface area contributed by atoms with Crippen LogP contribution in [0.25, 0.3) is 0 Å². The number of benzene rings is 1. The number of hydrogen-bond acceptors (Lipinski definition) is 3. The predicted molar refractivity (Wildman–Crippen MR) is 53.1 cm³/mol. The normalized spacial score (nSPS) is 19.5. The van der Waals surface area contributed by atoms with Gasteiger partial charge in [0.25, 0.3) is 0 Å². The molecule has 0 bridgehead atoms. The van der Waals surface area contributed by atoms with E-state index in [2.05, 4.69) is 15.9 Å². The van der Waals surface area contributed by atoms with Crippen molar-refractivity contribution in [3.63, 3.8) is 0 Å². The molecule has 0 aliphatic carbocycles. The monoisotopic (exact) mass is 243 g/mol. The average Bonchev–Trinajstić information content (AvgIpc) is 2.48. The Bertz CT molecular complexity index is 341. The minimum Gasteiger partial charge on any atom is -0.497 e. The fourth-order valence-corrected chi connectivity index (χ4v) is 1.97. The van der Waals surface area contributed by atoms with Gasteiger partial charge >= 0.3 is 0 Å². The van der Waals surface area contributed by atoms with Crippen LogP contribution < -0.4 is 15.2 Å². The van der Waals surface area contributed by atoms with Crippen LogP contribution in [-0.2, 0) is 0 Å². The fourth-order valence-electron chi connectivity index (χ4n) is 1.40. The molecule has 2 rings (SSSR count). The first-order chi connectivity index (χ1) is 6.22. The second-order valence-electron chi connectivity index (χ2n) is 2.95. The van der Waals surface area contributed by atoms with Gasteiger partial charge in [0.1, 0.15) is 18.1 Å². The van der Waals surface area contributed by atoms with E-state index in [1.165, 1.54) is 0 Å². The van der Waals surface area contributed by atoms with Crippen LogP contribution in [0.4, 0.5) is 0 Å². The molecule has 3 nitrogen and oxygen atoms in total. The van der Waals surface area contributed by atoms with Gasteiger partial charge in [0.2, 0.25) is 0 Å². The summed E-state index contributed by atoms with van der Waals surface area (Å²) in [5, 5.41) is 0. The maximum absolute atomic E-state index is 5.84. The summed E-state index contributed by atoms with van der Waals surface area (Å²) in [6.07, 6.45) is 0. The lowest BCUT2D eigenvalue weighted by Crippen LogP contribution is -2.10. The van der Waals surface area contributed by atoms with E-state index in [1.807, 2.05) is 12.1 Å². The summed E-state index contributed by atoms with van der Waals surface area (Å²) in [6, 6.07) is 3.75. The Morgan fingerprint density at radius 2 is 2.38 bits per heavy atom. The van der Waals surface area contributed by atoms with Crippen molar-refractivity contribution in [1.29, 1.82) is 0 Å². The molecule has 1 aromatic rings. The molecule has 0 saturated carbocycles. The van der Waals surface area contributed by atoms with Gasteiger partial charge in [-0.3, -0.25) is 0 Å². The standard InChI is InChI=1S/C9H10BrNO2/c1-12-5-2-6-8(11)4-13-9(6)7(10)3-5/h2-3,8H,4,11H2,1H3/t8-/m1/s1. The minimum atomic E-state index is -0.0404. The number of hydrogen-bond donors (Lipinski definition) is 1. The smallest absolute Gasteiger partial charge is 0.138 e. The van der Waals surface area contributed by atoms with Gasteiger partial charge in [0.15, 0.2) is 0 Å². The molecule has 0 fully saturated rings. The van der Waals surface area contributed by atoms with Crippen molar-refractivity contribution in [2.45, 2.75) is 6.04 Å². The van der Waals surface area contributed by atoms with Gasteiger partial charge in [-0.15, -0.1) is 0 Å². The molecule has 0 radical (unpaired) electrons. The minimum absolute atomic E-state index is 0.0404. The fraction of sp³-hybridized carbons (Fsp3) is 0.333. The molecule has 1 heterocycles. The Balaban J connectivity index is 2.53. The molecule has 1 atom stereocenters. The molecule has 0 amide bonds. The van der Waals surface area contributed by atoms with Gasteiger partial charge < -0.3 is 15.2 Å². The summed E-state index contributed by atoms with van der Waals surface area (Å²) in [5.41, 5.74) is 6.84. The maximum atomic E-state index is 5.84. The summed E-state index contributed by atoms with van der Waals surface area (Å²) in [4.78, 5) is 0. The van der Waals surface area contributed by atoms with E-state index in [0.29, 0.717) is 6.61 Å². The number of halogens is 1. The predicted octanol–water partition coefficient (Wildman–Crippen LogP) is 1.85. The second kappa shape index (κ2) is 3.20. The lowest BCUT2D eigenvalue weighted by Gasteiger charge is -2.06. The molecule has 0 unspecified atom stereocenters. The Hall–Kier alpha value is -0.740. The van der Waals surface area contributed by atoms with E-state index in [0.717, 1.165) is 21.5 Å². The van der Waals surface area contributed by atoms with Gasteiger partial charge in [-0.1, -0.05) is 0 Å². The zero-order valence-electron chi connectivity index (χ0n) is 7.21. The Morgan fingerprint density at radius 3 is 3.08 bits per heavy atom. The highest BCUT2D eigenvalue weighted by molar-refractivity contribution is 9.10. The van der Waals surface area contributed by atoms with Crippen LogP contribution in [0.5, 0.6) is 11.5 Å². The molecule has 13 heavy (non-hydrogen) atoms. The van der Waals surface area contributed by atoms with Crippen LogP contribution in [-0.4, -0.2) is 13.7 Å². The molecule has 4 heteroatoms. The van der Waals surface area contributed by atoms with Crippen molar-refractivity contribution in [2.24, 2.45) is 5.73 Å². The molecule has 0 spiro atoms. The van der Waals surface area contributed by atoms with Gasteiger partial charge in [-0.25, -0.2) is 0 Å². The first kappa shape index (κ1) is 8.84. The third-order valence-corrected chi connectivity index (χ3v) is 2.68. The van der Waals surface area contributed by atoms with Crippen LogP contribution in [0, 0.1) is 0 Å². The maximum Gasteiger partial charge on any atom is 0.138 e. The van der Waals surface area contributed by atoms with Gasteiger partial charge in [0, 0.05) is 5.56 Å². The highest BCUT2D eigenvalue weighted by Crippen LogP contribution is 2.40. The molecule has 1 aromatic carbocycles. The number of ether oxygens (including phenoxy) is 2. The number of fused-ring (bicyclic) bond motifs is 1. The van der Waals surface area contributed by atoms with Crippen molar-refractivity contribution in [1.82, 2.24) is 0 Å². The highest BCUT2D eigenvalue weighted by atomic mass is 79.9. The van der Waals surface area contributed by atoms with Crippen molar-refractivity contribution >= 4 is 15.9 Å². The summed E-state index contributed by atoms with van der Waals surface area (Å²) < 4.78 is 11.4. The second-order valence-corrected chi connectivity index (χ2v) is 3.80. The number of methoxy groups -OCH3 is 1. The Labute approximate surface area is 85.0 Å². The van der Waals surface area contributed by atoms with Crippen LogP contribution in [0.2, 0.25) is 0 Å². The summed E-state index contributed by atoms with van der Waals surface area (Å²) in [7, 11) is 1.63. The van der Waals surface area contributed by atoms with Crippen molar-refractivity contribution in [3.8, 4) is 11.5 Å². The van der Waals surface area contributed by atoms with Crippen molar-refractivity contribution in [2.75, 3.05) is 13.7 Å². The zero-order chi connectivity index (χ0) is 9.42. The summed E-state index contributed by atoms with van der Waals surface area (Å²) in [6.45, 7) is 0.543. The third kappa shape index (κ3) is 1.40.